The van der Waals surface area contributed by atoms with Gasteiger partial charge in [0.05, 0.1) is 6.42 Å². The van der Waals surface area contributed by atoms with Crippen LogP contribution in [0, 0.1) is 11.8 Å². The number of carbonyl (C=O) groups excluding carboxylic acids is 5. The van der Waals surface area contributed by atoms with Crippen LogP contribution in [0.2, 0.25) is 0 Å². The van der Waals surface area contributed by atoms with E-state index in [0.29, 0.717) is 0 Å². The number of rotatable bonds is 2. The summed E-state index contributed by atoms with van der Waals surface area (Å²) in [6.07, 6.45) is -0.152. The van der Waals surface area contributed by atoms with Crippen LogP contribution in [0.5, 0.6) is 0 Å². The number of thioether (sulfide) groups is 1. The van der Waals surface area contributed by atoms with Crippen LogP contribution in [0.25, 0.3) is 0 Å². The van der Waals surface area contributed by atoms with Crippen molar-refractivity contribution in [3.63, 3.8) is 0 Å². The summed E-state index contributed by atoms with van der Waals surface area (Å²) in [6.45, 7) is 8.89. The van der Waals surface area contributed by atoms with Gasteiger partial charge < -0.3 is 26.0 Å². The summed E-state index contributed by atoms with van der Waals surface area (Å²) in [7, 11) is 0. The van der Waals surface area contributed by atoms with Gasteiger partial charge in [-0.3, -0.25) is 19.2 Å². The number of esters is 1. The molecule has 2 rings (SSSR count). The van der Waals surface area contributed by atoms with Crippen LogP contribution in [0.15, 0.2) is 0 Å². The molecule has 6 atom stereocenters. The standard InChI is InChI=1S/C20H31IN4O6S/c1-8(2)14-18(28)22-11-7-32-10(5)16(25-17(11)27)19(29)24-15(9(3)4)20(30)31-12(21)6-13(26)23-14/h8-12,14-16H,6-7H2,1-5H3,(H,22,28)(H,23,26)(H,24,29)(H,25,27)/t10?,11-,12+,14?,15+,16?/m1/s1. The smallest absolute Gasteiger partial charge is 0.329 e. The summed E-state index contributed by atoms with van der Waals surface area (Å²) in [5.74, 6) is -2.85. The highest BCUT2D eigenvalue weighted by Crippen LogP contribution is 2.21. The van der Waals surface area contributed by atoms with Crippen molar-refractivity contribution in [1.29, 1.82) is 0 Å². The number of amides is 4. The van der Waals surface area contributed by atoms with Gasteiger partial charge in [-0.2, -0.15) is 11.8 Å². The van der Waals surface area contributed by atoms with Gasteiger partial charge in [-0.25, -0.2) is 4.79 Å². The van der Waals surface area contributed by atoms with Crippen molar-refractivity contribution in [2.24, 2.45) is 11.8 Å². The highest BCUT2D eigenvalue weighted by atomic mass is 127. The van der Waals surface area contributed by atoms with Crippen LogP contribution < -0.4 is 21.3 Å². The fraction of sp³-hybridized carbons (Fsp3) is 0.750. The van der Waals surface area contributed by atoms with Gasteiger partial charge in [-0.05, 0) is 34.4 Å². The molecule has 4 amide bonds. The zero-order valence-electron chi connectivity index (χ0n) is 18.8. The number of cyclic esters (lactones) is 1. The van der Waals surface area contributed by atoms with Crippen LogP contribution in [0.4, 0.5) is 0 Å². The van der Waals surface area contributed by atoms with E-state index in [2.05, 4.69) is 21.3 Å². The van der Waals surface area contributed by atoms with Crippen molar-refractivity contribution in [2.45, 2.75) is 74.6 Å². The highest BCUT2D eigenvalue weighted by molar-refractivity contribution is 14.1. The Morgan fingerprint density at radius 3 is 2.09 bits per heavy atom. The van der Waals surface area contributed by atoms with E-state index in [1.807, 2.05) is 22.6 Å². The van der Waals surface area contributed by atoms with Gasteiger partial charge in [-0.15, -0.1) is 0 Å². The summed E-state index contributed by atoms with van der Waals surface area (Å²) in [6, 6.07) is -3.54. The van der Waals surface area contributed by atoms with E-state index in [1.54, 1.807) is 34.6 Å². The number of ether oxygens (including phenoxy) is 1. The molecule has 180 valence electrons. The first-order valence-electron chi connectivity index (χ1n) is 10.6. The Labute approximate surface area is 205 Å². The van der Waals surface area contributed by atoms with Crippen molar-refractivity contribution in [1.82, 2.24) is 21.3 Å². The summed E-state index contributed by atoms with van der Waals surface area (Å²) in [4.78, 5) is 63.8. The predicted octanol–water partition coefficient (Wildman–Crippen LogP) is 0.0809. The third kappa shape index (κ3) is 6.96. The fourth-order valence-corrected chi connectivity index (χ4v) is 5.10. The molecule has 4 N–H and O–H groups in total. The quantitative estimate of drug-likeness (QED) is 0.205. The highest BCUT2D eigenvalue weighted by Gasteiger charge is 2.39. The number of hydrogen-bond donors (Lipinski definition) is 4. The molecule has 2 saturated heterocycles. The number of nitrogens with one attached hydrogen (secondary N) is 4. The van der Waals surface area contributed by atoms with E-state index in [9.17, 15) is 24.0 Å². The van der Waals surface area contributed by atoms with Gasteiger partial charge in [0.25, 0.3) is 0 Å². The van der Waals surface area contributed by atoms with Crippen molar-refractivity contribution >= 4 is 64.0 Å². The van der Waals surface area contributed by atoms with Crippen LogP contribution >= 0.6 is 34.4 Å². The first-order chi connectivity index (χ1) is 14.9. The maximum absolute atomic E-state index is 13.0. The molecule has 2 aliphatic rings. The monoisotopic (exact) mass is 582 g/mol. The lowest BCUT2D eigenvalue weighted by Gasteiger charge is -2.28. The molecule has 10 nitrogen and oxygen atoms in total. The maximum atomic E-state index is 13.0. The van der Waals surface area contributed by atoms with E-state index in [0.717, 1.165) is 0 Å². The van der Waals surface area contributed by atoms with Gasteiger partial charge >= 0.3 is 5.97 Å². The molecule has 3 unspecified atom stereocenters. The maximum Gasteiger partial charge on any atom is 0.329 e. The molecule has 0 aromatic heterocycles. The van der Waals surface area contributed by atoms with Crippen LogP contribution in [0.3, 0.4) is 0 Å². The van der Waals surface area contributed by atoms with Crippen molar-refractivity contribution in [3.05, 3.63) is 0 Å². The molecular formula is C20H31IN4O6S. The third-order valence-corrected chi connectivity index (χ3v) is 7.30. The summed E-state index contributed by atoms with van der Waals surface area (Å²) in [5, 5.41) is 10.5. The van der Waals surface area contributed by atoms with Crippen molar-refractivity contribution < 1.29 is 28.7 Å². The molecular weight excluding hydrogens is 551 g/mol. The first kappa shape index (κ1) is 26.7. The number of alkyl halides is 1. The molecule has 0 aromatic rings. The topological polar surface area (TPSA) is 143 Å². The lowest BCUT2D eigenvalue weighted by Crippen LogP contribution is -2.59. The van der Waals surface area contributed by atoms with Crippen LogP contribution in [-0.2, 0) is 28.7 Å². The zero-order chi connectivity index (χ0) is 24.2. The summed E-state index contributed by atoms with van der Waals surface area (Å²) < 4.78 is 4.61. The Morgan fingerprint density at radius 2 is 1.50 bits per heavy atom. The fourth-order valence-electron chi connectivity index (χ4n) is 3.33. The first-order valence-corrected chi connectivity index (χ1v) is 12.9. The molecule has 0 radical (unpaired) electrons. The molecule has 2 bridgehead atoms. The predicted molar refractivity (Wildman–Crippen MR) is 128 cm³/mol. The molecule has 32 heavy (non-hydrogen) atoms. The summed E-state index contributed by atoms with van der Waals surface area (Å²) >= 11 is 3.20. The van der Waals surface area contributed by atoms with Crippen molar-refractivity contribution in [2.75, 3.05) is 5.75 Å². The molecule has 2 fully saturated rings. The van der Waals surface area contributed by atoms with Crippen LogP contribution in [0.1, 0.15) is 41.0 Å². The van der Waals surface area contributed by atoms with E-state index in [1.165, 1.54) is 11.8 Å². The zero-order valence-corrected chi connectivity index (χ0v) is 21.7. The minimum Gasteiger partial charge on any atom is -0.450 e. The average molecular weight is 582 g/mol. The van der Waals surface area contributed by atoms with Gasteiger partial charge in [0.1, 0.15) is 24.2 Å². The van der Waals surface area contributed by atoms with E-state index in [-0.39, 0.29) is 29.3 Å². The molecule has 2 aliphatic heterocycles. The van der Waals surface area contributed by atoms with Gasteiger partial charge in [0.15, 0.2) is 4.11 Å². The minimum absolute atomic E-state index is 0.152. The Balaban J connectivity index is 2.38. The lowest BCUT2D eigenvalue weighted by atomic mass is 10.0. The van der Waals surface area contributed by atoms with E-state index in [4.69, 9.17) is 4.74 Å². The van der Waals surface area contributed by atoms with E-state index >= 15 is 0 Å². The SMILES string of the molecule is CC(C)C1NC(=O)C[C@@H](I)OC(=O)[C@H](C(C)C)NC(=O)C2NC(=O)[C@@H](CSC2C)NC1=O. The molecule has 12 heteroatoms. The number of carbonyl (C=O) groups is 5. The largest absolute Gasteiger partial charge is 0.450 e. The molecule has 0 spiro atoms. The van der Waals surface area contributed by atoms with E-state index < -0.39 is 57.9 Å². The Morgan fingerprint density at radius 1 is 0.875 bits per heavy atom. The van der Waals surface area contributed by atoms with Gasteiger partial charge in [0.2, 0.25) is 23.6 Å². The molecule has 0 saturated carbocycles. The third-order valence-electron chi connectivity index (χ3n) is 5.28. The number of halogens is 1. The second kappa shape index (κ2) is 11.5. The number of fused-ring (bicyclic) bond motifs is 3. The van der Waals surface area contributed by atoms with Crippen molar-refractivity contribution in [3.8, 4) is 0 Å². The van der Waals surface area contributed by atoms with Crippen LogP contribution in [-0.4, -0.2) is 68.9 Å². The molecule has 2 heterocycles. The minimum atomic E-state index is -0.938. The Kier molecular flexibility index (Phi) is 9.61. The lowest BCUT2D eigenvalue weighted by molar-refractivity contribution is -0.151. The van der Waals surface area contributed by atoms with Gasteiger partial charge in [0, 0.05) is 11.0 Å². The molecule has 0 aromatic carbocycles. The average Bonchev–Trinajstić information content (AvgIpc) is 2.81. The Bertz CT molecular complexity index is 764. The molecule has 0 aliphatic carbocycles. The second-order valence-corrected chi connectivity index (χ2v) is 11.5. The second-order valence-electron chi connectivity index (χ2n) is 8.66. The Hall–Kier alpha value is -1.57. The van der Waals surface area contributed by atoms with Gasteiger partial charge in [-0.1, -0.05) is 34.6 Å². The number of hydrogen-bond acceptors (Lipinski definition) is 7. The normalized spacial score (nSPS) is 33.2. The summed E-state index contributed by atoms with van der Waals surface area (Å²) in [5.41, 5.74) is 0.